The van der Waals surface area contributed by atoms with Crippen LogP contribution >= 0.6 is 0 Å². The number of ether oxygens (including phenoxy) is 1. The van der Waals surface area contributed by atoms with Crippen molar-refractivity contribution < 1.29 is 19.1 Å². The Labute approximate surface area is 150 Å². The van der Waals surface area contributed by atoms with Crippen LogP contribution in [-0.2, 0) is 9.53 Å². The number of ketones is 1. The minimum Gasteiger partial charge on any atom is -0.448 e. The van der Waals surface area contributed by atoms with Gasteiger partial charge in [-0.25, -0.2) is 4.79 Å². The maximum atomic E-state index is 12.4. The molecule has 0 spiro atoms. The molecule has 0 unspecified atom stereocenters. The minimum absolute atomic E-state index is 0.125. The molecular weight excluding hydrogens is 332 g/mol. The summed E-state index contributed by atoms with van der Waals surface area (Å²) in [6, 6.07) is 14.7. The highest BCUT2D eigenvalue weighted by Crippen LogP contribution is 2.23. The molecule has 0 saturated heterocycles. The van der Waals surface area contributed by atoms with Crippen LogP contribution in [0.1, 0.15) is 34.7 Å². The fourth-order valence-corrected chi connectivity index (χ4v) is 2.56. The predicted octanol–water partition coefficient (Wildman–Crippen LogP) is 3.55. The summed E-state index contributed by atoms with van der Waals surface area (Å²) >= 11 is 0. The van der Waals surface area contributed by atoms with Crippen LogP contribution in [0.25, 0.3) is 10.8 Å². The second kappa shape index (κ2) is 7.23. The van der Waals surface area contributed by atoms with Crippen LogP contribution in [0.15, 0.2) is 54.7 Å². The average molecular weight is 350 g/mol. The van der Waals surface area contributed by atoms with Crippen LogP contribution in [0.3, 0.4) is 0 Å². The molecule has 0 radical (unpaired) electrons. The smallest absolute Gasteiger partial charge is 0.355 e. The number of amides is 1. The maximum absolute atomic E-state index is 12.4. The number of carbonyl (C=O) groups excluding carboxylic acids is 3. The molecule has 1 aromatic heterocycles. The van der Waals surface area contributed by atoms with Gasteiger partial charge in [0.25, 0.3) is 5.91 Å². The Morgan fingerprint density at radius 3 is 2.54 bits per heavy atom. The van der Waals surface area contributed by atoms with Gasteiger partial charge in [-0.2, -0.15) is 0 Å². The van der Waals surface area contributed by atoms with E-state index in [0.29, 0.717) is 11.3 Å². The van der Waals surface area contributed by atoms with E-state index in [1.165, 1.54) is 26.1 Å². The number of rotatable bonds is 5. The minimum atomic E-state index is -0.995. The molecule has 3 aromatic rings. The maximum Gasteiger partial charge on any atom is 0.355 e. The summed E-state index contributed by atoms with van der Waals surface area (Å²) in [6.07, 6.45) is 0.435. The van der Waals surface area contributed by atoms with Gasteiger partial charge in [-0.1, -0.05) is 36.4 Å². The van der Waals surface area contributed by atoms with Crippen LogP contribution in [-0.4, -0.2) is 28.7 Å². The second-order valence-corrected chi connectivity index (χ2v) is 5.92. The van der Waals surface area contributed by atoms with Crippen molar-refractivity contribution in [1.29, 1.82) is 0 Å². The van der Waals surface area contributed by atoms with Crippen molar-refractivity contribution >= 4 is 34.1 Å². The summed E-state index contributed by atoms with van der Waals surface area (Å²) in [5.74, 6) is -1.30. The predicted molar refractivity (Wildman–Crippen MR) is 98.3 cm³/mol. The van der Waals surface area contributed by atoms with Gasteiger partial charge in [0.1, 0.15) is 5.69 Å². The molecule has 0 aliphatic heterocycles. The van der Waals surface area contributed by atoms with E-state index >= 15 is 0 Å². The van der Waals surface area contributed by atoms with Gasteiger partial charge in [0.05, 0.1) is 0 Å². The molecule has 2 aromatic carbocycles. The number of carbonyl (C=O) groups is 3. The number of esters is 1. The first-order valence-corrected chi connectivity index (χ1v) is 8.14. The number of aromatic nitrogens is 1. The SMILES string of the molecule is CC(=O)c1c[nH]c(C(=O)O[C@@H](C)C(=O)Nc2cccc3ccccc23)c1. The lowest BCUT2D eigenvalue weighted by Crippen LogP contribution is -2.30. The number of aromatic amines is 1. The molecule has 6 nitrogen and oxygen atoms in total. The number of hydrogen-bond acceptors (Lipinski definition) is 4. The van der Waals surface area contributed by atoms with Crippen LogP contribution in [0.4, 0.5) is 5.69 Å². The van der Waals surface area contributed by atoms with Crippen molar-refractivity contribution in [1.82, 2.24) is 4.98 Å². The molecule has 1 amide bonds. The first-order valence-electron chi connectivity index (χ1n) is 8.14. The van der Waals surface area contributed by atoms with Gasteiger partial charge < -0.3 is 15.0 Å². The van der Waals surface area contributed by atoms with E-state index in [9.17, 15) is 14.4 Å². The summed E-state index contributed by atoms with van der Waals surface area (Å²) in [7, 11) is 0. The zero-order valence-corrected chi connectivity index (χ0v) is 14.4. The fraction of sp³-hybridized carbons (Fsp3) is 0.150. The van der Waals surface area contributed by atoms with Crippen LogP contribution < -0.4 is 5.32 Å². The van der Waals surface area contributed by atoms with Crippen LogP contribution in [0.5, 0.6) is 0 Å². The zero-order valence-electron chi connectivity index (χ0n) is 14.4. The Balaban J connectivity index is 1.69. The molecule has 26 heavy (non-hydrogen) atoms. The number of hydrogen-bond donors (Lipinski definition) is 2. The van der Waals surface area contributed by atoms with E-state index in [1.54, 1.807) is 6.07 Å². The first kappa shape index (κ1) is 17.4. The number of H-pyrrole nitrogens is 1. The van der Waals surface area contributed by atoms with Crippen LogP contribution in [0.2, 0.25) is 0 Å². The van der Waals surface area contributed by atoms with Gasteiger partial charge in [-0.15, -0.1) is 0 Å². The normalized spacial score (nSPS) is 11.8. The largest absolute Gasteiger partial charge is 0.448 e. The van der Waals surface area contributed by atoms with Crippen molar-refractivity contribution in [3.05, 3.63) is 66.0 Å². The lowest BCUT2D eigenvalue weighted by Gasteiger charge is -2.14. The fourth-order valence-electron chi connectivity index (χ4n) is 2.56. The van der Waals surface area contributed by atoms with Gasteiger partial charge >= 0.3 is 5.97 Å². The first-order chi connectivity index (χ1) is 12.5. The van der Waals surface area contributed by atoms with Gasteiger partial charge in [0, 0.05) is 22.8 Å². The quantitative estimate of drug-likeness (QED) is 0.544. The van der Waals surface area contributed by atoms with E-state index in [1.807, 2.05) is 36.4 Å². The summed E-state index contributed by atoms with van der Waals surface area (Å²) in [6.45, 7) is 2.89. The van der Waals surface area contributed by atoms with E-state index in [2.05, 4.69) is 10.3 Å². The highest BCUT2D eigenvalue weighted by molar-refractivity contribution is 6.04. The van der Waals surface area contributed by atoms with Crippen molar-refractivity contribution in [3.8, 4) is 0 Å². The Hall–Kier alpha value is -3.41. The molecule has 0 aliphatic carbocycles. The highest BCUT2D eigenvalue weighted by atomic mass is 16.5. The van der Waals surface area contributed by atoms with Crippen molar-refractivity contribution in [2.75, 3.05) is 5.32 Å². The molecule has 1 heterocycles. The number of nitrogens with one attached hydrogen (secondary N) is 2. The average Bonchev–Trinajstić information content (AvgIpc) is 3.12. The third-order valence-electron chi connectivity index (χ3n) is 4.01. The Morgan fingerprint density at radius 1 is 1.08 bits per heavy atom. The van der Waals surface area contributed by atoms with Crippen molar-refractivity contribution in [3.63, 3.8) is 0 Å². The number of benzene rings is 2. The van der Waals surface area contributed by atoms with Crippen molar-refractivity contribution in [2.45, 2.75) is 20.0 Å². The number of Topliss-reactive ketones (excluding diaryl/α,β-unsaturated/α-hetero) is 1. The van der Waals surface area contributed by atoms with Gasteiger partial charge in [-0.05, 0) is 31.4 Å². The summed E-state index contributed by atoms with van der Waals surface area (Å²) in [5, 5.41) is 4.68. The lowest BCUT2D eigenvalue weighted by atomic mass is 10.1. The second-order valence-electron chi connectivity index (χ2n) is 5.92. The standard InChI is InChI=1S/C20H18N2O4/c1-12(23)15-10-18(21-11-15)20(25)26-13(2)19(24)22-17-9-5-7-14-6-3-4-8-16(14)17/h3-11,13,21H,1-2H3,(H,22,24)/t13-/m0/s1. The van der Waals surface area contributed by atoms with Gasteiger partial charge in [0.2, 0.25) is 0 Å². The van der Waals surface area contributed by atoms with E-state index < -0.39 is 18.0 Å². The van der Waals surface area contributed by atoms with Gasteiger partial charge in [-0.3, -0.25) is 9.59 Å². The third kappa shape index (κ3) is 3.64. The molecule has 0 aliphatic rings. The Morgan fingerprint density at radius 2 is 1.81 bits per heavy atom. The molecule has 2 N–H and O–H groups in total. The van der Waals surface area contributed by atoms with E-state index in [-0.39, 0.29) is 11.5 Å². The number of anilines is 1. The van der Waals surface area contributed by atoms with E-state index in [4.69, 9.17) is 4.74 Å². The topological polar surface area (TPSA) is 88.3 Å². The molecule has 0 saturated carbocycles. The molecule has 6 heteroatoms. The zero-order chi connectivity index (χ0) is 18.7. The summed E-state index contributed by atoms with van der Waals surface area (Å²) in [5.41, 5.74) is 1.15. The molecular formula is C20H18N2O4. The third-order valence-corrected chi connectivity index (χ3v) is 4.01. The van der Waals surface area contributed by atoms with E-state index in [0.717, 1.165) is 10.8 Å². The van der Waals surface area contributed by atoms with Crippen LogP contribution in [0, 0.1) is 0 Å². The summed E-state index contributed by atoms with van der Waals surface area (Å²) in [4.78, 5) is 38.5. The molecule has 132 valence electrons. The molecule has 3 rings (SSSR count). The molecule has 1 atom stereocenters. The Bertz CT molecular complexity index is 985. The lowest BCUT2D eigenvalue weighted by molar-refractivity contribution is -0.123. The highest BCUT2D eigenvalue weighted by Gasteiger charge is 2.21. The monoisotopic (exact) mass is 350 g/mol. The van der Waals surface area contributed by atoms with Crippen molar-refractivity contribution in [2.24, 2.45) is 0 Å². The molecule has 0 bridgehead atoms. The Kier molecular flexibility index (Phi) is 4.84. The number of fused-ring (bicyclic) bond motifs is 1. The molecule has 0 fully saturated rings. The summed E-state index contributed by atoms with van der Waals surface area (Å²) < 4.78 is 5.18. The van der Waals surface area contributed by atoms with Gasteiger partial charge in [0.15, 0.2) is 11.9 Å².